The summed E-state index contributed by atoms with van der Waals surface area (Å²) in [4.78, 5) is 0. The fourth-order valence-electron chi connectivity index (χ4n) is 2.64. The van der Waals surface area contributed by atoms with Crippen molar-refractivity contribution in [1.29, 1.82) is 5.41 Å². The van der Waals surface area contributed by atoms with Crippen LogP contribution in [0.4, 0.5) is 0 Å². The molecule has 1 unspecified atom stereocenters. The number of nitrogens with one attached hydrogen (secondary N) is 1. The molecule has 2 aromatic rings. The summed E-state index contributed by atoms with van der Waals surface area (Å²) in [6, 6.07) is 13.8. The molecule has 21 heavy (non-hydrogen) atoms. The maximum Gasteiger partial charge on any atom is 0.123 e. The van der Waals surface area contributed by atoms with Crippen molar-refractivity contribution < 1.29 is 9.47 Å². The zero-order valence-electron chi connectivity index (χ0n) is 11.9. The van der Waals surface area contributed by atoms with Gasteiger partial charge < -0.3 is 15.2 Å². The molecule has 1 aliphatic carbocycles. The quantitative estimate of drug-likeness (QED) is 0.654. The van der Waals surface area contributed by atoms with E-state index in [-0.39, 0.29) is 5.84 Å². The highest BCUT2D eigenvalue weighted by molar-refractivity contribution is 5.95. The highest BCUT2D eigenvalue weighted by Gasteiger charge is 2.25. The Morgan fingerprint density at radius 1 is 1.24 bits per heavy atom. The van der Waals surface area contributed by atoms with Crippen LogP contribution >= 0.6 is 0 Å². The lowest BCUT2D eigenvalue weighted by atomic mass is 9.78. The van der Waals surface area contributed by atoms with Gasteiger partial charge in [-0.3, -0.25) is 5.41 Å². The summed E-state index contributed by atoms with van der Waals surface area (Å²) < 4.78 is 11.1. The van der Waals surface area contributed by atoms with Crippen LogP contribution in [0, 0.1) is 5.41 Å². The molecular weight excluding hydrogens is 264 g/mol. The summed E-state index contributed by atoms with van der Waals surface area (Å²) in [5.74, 6) is 1.77. The number of benzene rings is 2. The maximum absolute atomic E-state index is 7.53. The molecule has 0 bridgehead atoms. The SMILES string of the molecule is COc1cc(OCC2Cc3ccccc32)cc(C(=N)N)c1. The number of ether oxygens (including phenoxy) is 2. The molecule has 0 aliphatic heterocycles. The molecule has 1 aliphatic rings. The second-order valence-corrected chi connectivity index (χ2v) is 5.22. The van der Waals surface area contributed by atoms with Gasteiger partial charge in [0, 0.05) is 17.5 Å². The molecule has 0 spiro atoms. The van der Waals surface area contributed by atoms with Crippen molar-refractivity contribution in [3.63, 3.8) is 0 Å². The van der Waals surface area contributed by atoms with E-state index in [0.29, 0.717) is 29.6 Å². The van der Waals surface area contributed by atoms with Crippen LogP contribution < -0.4 is 15.2 Å². The lowest BCUT2D eigenvalue weighted by Crippen LogP contribution is -2.23. The molecule has 0 radical (unpaired) electrons. The summed E-state index contributed by atoms with van der Waals surface area (Å²) in [6.07, 6.45) is 1.06. The molecule has 0 saturated carbocycles. The minimum atomic E-state index is 0.00717. The molecule has 0 amide bonds. The average Bonchev–Trinajstić information content (AvgIpc) is 2.47. The smallest absolute Gasteiger partial charge is 0.123 e. The van der Waals surface area contributed by atoms with E-state index in [0.717, 1.165) is 6.42 Å². The summed E-state index contributed by atoms with van der Waals surface area (Å²) in [5, 5.41) is 7.53. The van der Waals surface area contributed by atoms with Crippen molar-refractivity contribution in [3.05, 3.63) is 59.2 Å². The summed E-state index contributed by atoms with van der Waals surface area (Å²) in [7, 11) is 1.59. The number of nitrogen functional groups attached to an aromatic ring is 1. The van der Waals surface area contributed by atoms with Gasteiger partial charge in [0.15, 0.2) is 0 Å². The number of methoxy groups -OCH3 is 1. The Morgan fingerprint density at radius 3 is 2.71 bits per heavy atom. The van der Waals surface area contributed by atoms with Crippen molar-refractivity contribution in [2.24, 2.45) is 5.73 Å². The first-order valence-electron chi connectivity index (χ1n) is 6.91. The zero-order valence-corrected chi connectivity index (χ0v) is 11.9. The Kier molecular flexibility index (Phi) is 3.52. The van der Waals surface area contributed by atoms with Crippen LogP contribution in [0.2, 0.25) is 0 Å². The minimum Gasteiger partial charge on any atom is -0.497 e. The van der Waals surface area contributed by atoms with E-state index in [4.69, 9.17) is 20.6 Å². The van der Waals surface area contributed by atoms with Gasteiger partial charge in [0.2, 0.25) is 0 Å². The largest absolute Gasteiger partial charge is 0.497 e. The predicted molar refractivity (Wildman–Crippen MR) is 82.4 cm³/mol. The Balaban J connectivity index is 1.71. The van der Waals surface area contributed by atoms with Crippen LogP contribution in [0.5, 0.6) is 11.5 Å². The van der Waals surface area contributed by atoms with E-state index < -0.39 is 0 Å². The Morgan fingerprint density at radius 2 is 2.00 bits per heavy atom. The standard InChI is InChI=1S/C17H18N2O2/c1-20-14-7-12(17(18)19)8-15(9-14)21-10-13-6-11-4-2-3-5-16(11)13/h2-5,7-9,13H,6,10H2,1H3,(H3,18,19). The molecule has 1 atom stereocenters. The molecule has 4 heteroatoms. The molecule has 0 heterocycles. The fourth-order valence-corrected chi connectivity index (χ4v) is 2.64. The number of hydrogen-bond donors (Lipinski definition) is 2. The van der Waals surface area contributed by atoms with Gasteiger partial charge in [-0.15, -0.1) is 0 Å². The van der Waals surface area contributed by atoms with Crippen LogP contribution in [0.1, 0.15) is 22.6 Å². The van der Waals surface area contributed by atoms with Gasteiger partial charge in [0.05, 0.1) is 13.7 Å². The highest BCUT2D eigenvalue weighted by Crippen LogP contribution is 2.35. The van der Waals surface area contributed by atoms with Crippen molar-refractivity contribution in [2.75, 3.05) is 13.7 Å². The summed E-state index contributed by atoms with van der Waals surface area (Å²) in [6.45, 7) is 0.627. The van der Waals surface area contributed by atoms with Crippen molar-refractivity contribution in [2.45, 2.75) is 12.3 Å². The average molecular weight is 282 g/mol. The molecule has 4 nitrogen and oxygen atoms in total. The first kappa shape index (κ1) is 13.5. The first-order valence-corrected chi connectivity index (χ1v) is 6.91. The molecule has 3 rings (SSSR count). The van der Waals surface area contributed by atoms with Crippen molar-refractivity contribution in [3.8, 4) is 11.5 Å². The van der Waals surface area contributed by atoms with Crippen LogP contribution in [-0.4, -0.2) is 19.6 Å². The predicted octanol–water partition coefficient (Wildman–Crippen LogP) is 2.70. The molecule has 2 aromatic carbocycles. The van der Waals surface area contributed by atoms with E-state index in [1.807, 2.05) is 6.07 Å². The topological polar surface area (TPSA) is 68.3 Å². The third-order valence-electron chi connectivity index (χ3n) is 3.84. The van der Waals surface area contributed by atoms with Gasteiger partial charge in [0.1, 0.15) is 17.3 Å². The first-order chi connectivity index (χ1) is 10.2. The number of fused-ring (bicyclic) bond motifs is 1. The third-order valence-corrected chi connectivity index (χ3v) is 3.84. The molecular formula is C17H18N2O2. The molecule has 0 fully saturated rings. The number of rotatable bonds is 5. The number of hydrogen-bond acceptors (Lipinski definition) is 3. The van der Waals surface area contributed by atoms with Gasteiger partial charge in [0.25, 0.3) is 0 Å². The van der Waals surface area contributed by atoms with E-state index >= 15 is 0 Å². The van der Waals surface area contributed by atoms with Crippen molar-refractivity contribution >= 4 is 5.84 Å². The molecule has 3 N–H and O–H groups in total. The zero-order chi connectivity index (χ0) is 14.8. The fraction of sp³-hybridized carbons (Fsp3) is 0.235. The van der Waals surface area contributed by atoms with E-state index in [2.05, 4.69) is 24.3 Å². The van der Waals surface area contributed by atoms with Gasteiger partial charge >= 0.3 is 0 Å². The lowest BCUT2D eigenvalue weighted by Gasteiger charge is -2.29. The summed E-state index contributed by atoms with van der Waals surface area (Å²) >= 11 is 0. The number of amidine groups is 1. The Bertz CT molecular complexity index is 682. The van der Waals surface area contributed by atoms with Crippen LogP contribution in [0.25, 0.3) is 0 Å². The molecule has 0 aromatic heterocycles. The number of nitrogens with two attached hydrogens (primary N) is 1. The van der Waals surface area contributed by atoms with E-state index in [9.17, 15) is 0 Å². The maximum atomic E-state index is 7.53. The van der Waals surface area contributed by atoms with Crippen LogP contribution in [0.3, 0.4) is 0 Å². The highest BCUT2D eigenvalue weighted by atomic mass is 16.5. The molecule has 108 valence electrons. The van der Waals surface area contributed by atoms with E-state index in [1.54, 1.807) is 19.2 Å². The lowest BCUT2D eigenvalue weighted by molar-refractivity contribution is 0.274. The van der Waals surface area contributed by atoms with Crippen molar-refractivity contribution in [1.82, 2.24) is 0 Å². The second kappa shape index (κ2) is 5.48. The third kappa shape index (κ3) is 2.70. The Labute approximate surface area is 124 Å². The van der Waals surface area contributed by atoms with E-state index in [1.165, 1.54) is 11.1 Å². The van der Waals surface area contributed by atoms with Crippen LogP contribution in [-0.2, 0) is 6.42 Å². The van der Waals surface area contributed by atoms with Gasteiger partial charge in [-0.25, -0.2) is 0 Å². The van der Waals surface area contributed by atoms with Gasteiger partial charge in [-0.1, -0.05) is 24.3 Å². The minimum absolute atomic E-state index is 0.00717. The second-order valence-electron chi connectivity index (χ2n) is 5.22. The monoisotopic (exact) mass is 282 g/mol. The summed E-state index contributed by atoms with van der Waals surface area (Å²) in [5.41, 5.74) is 8.92. The Hall–Kier alpha value is -2.49. The normalized spacial score (nSPS) is 15.8. The van der Waals surface area contributed by atoms with Crippen LogP contribution in [0.15, 0.2) is 42.5 Å². The van der Waals surface area contributed by atoms with Gasteiger partial charge in [-0.2, -0.15) is 0 Å². The van der Waals surface area contributed by atoms with Gasteiger partial charge in [-0.05, 0) is 29.7 Å². The molecule has 0 saturated heterocycles.